The van der Waals surface area contributed by atoms with Crippen LogP contribution in [0.25, 0.3) is 0 Å². The SMILES string of the molecule is CCc1ccsc1CNC(c1ccc(OC)cc1)C1CC1. The van der Waals surface area contributed by atoms with Gasteiger partial charge in [-0.25, -0.2) is 0 Å². The predicted molar refractivity (Wildman–Crippen MR) is 89.0 cm³/mol. The Hall–Kier alpha value is -1.32. The molecule has 1 unspecified atom stereocenters. The van der Waals surface area contributed by atoms with Gasteiger partial charge in [0, 0.05) is 17.5 Å². The van der Waals surface area contributed by atoms with Crippen LogP contribution in [0.5, 0.6) is 5.75 Å². The number of rotatable bonds is 7. The summed E-state index contributed by atoms with van der Waals surface area (Å²) in [6.45, 7) is 3.21. The lowest BCUT2D eigenvalue weighted by molar-refractivity contribution is 0.413. The Labute approximate surface area is 131 Å². The Morgan fingerprint density at radius 1 is 1.24 bits per heavy atom. The topological polar surface area (TPSA) is 21.3 Å². The van der Waals surface area contributed by atoms with Crippen LogP contribution in [0, 0.1) is 5.92 Å². The van der Waals surface area contributed by atoms with Crippen molar-refractivity contribution in [3.05, 3.63) is 51.7 Å². The smallest absolute Gasteiger partial charge is 0.118 e. The van der Waals surface area contributed by atoms with Gasteiger partial charge in [0.1, 0.15) is 5.75 Å². The molecule has 0 spiro atoms. The summed E-state index contributed by atoms with van der Waals surface area (Å²) in [5, 5.41) is 5.99. The van der Waals surface area contributed by atoms with E-state index in [2.05, 4.69) is 48.0 Å². The average Bonchev–Trinajstić information content (AvgIpc) is 3.26. The van der Waals surface area contributed by atoms with Crippen LogP contribution in [0.1, 0.15) is 41.8 Å². The molecule has 2 nitrogen and oxygen atoms in total. The second-order valence-corrected chi connectivity index (χ2v) is 6.69. The summed E-state index contributed by atoms with van der Waals surface area (Å²) in [7, 11) is 1.72. The fourth-order valence-electron chi connectivity index (χ4n) is 2.84. The Morgan fingerprint density at radius 3 is 2.62 bits per heavy atom. The molecule has 1 aliphatic carbocycles. The van der Waals surface area contributed by atoms with E-state index in [1.165, 1.54) is 28.8 Å². The summed E-state index contributed by atoms with van der Waals surface area (Å²) < 4.78 is 5.26. The van der Waals surface area contributed by atoms with Gasteiger partial charge in [-0.05, 0) is 59.9 Å². The van der Waals surface area contributed by atoms with Crippen LogP contribution < -0.4 is 10.1 Å². The number of hydrogen-bond donors (Lipinski definition) is 1. The van der Waals surface area contributed by atoms with Gasteiger partial charge in [0.2, 0.25) is 0 Å². The lowest BCUT2D eigenvalue weighted by Gasteiger charge is -2.19. The van der Waals surface area contributed by atoms with Crippen LogP contribution in [0.3, 0.4) is 0 Å². The predicted octanol–water partition coefficient (Wildman–Crippen LogP) is 4.56. The van der Waals surface area contributed by atoms with E-state index in [4.69, 9.17) is 4.74 Å². The molecule has 1 atom stereocenters. The molecule has 3 heteroatoms. The van der Waals surface area contributed by atoms with Gasteiger partial charge in [0.15, 0.2) is 0 Å². The van der Waals surface area contributed by atoms with Crippen molar-refractivity contribution < 1.29 is 4.74 Å². The molecule has 0 aliphatic heterocycles. The van der Waals surface area contributed by atoms with E-state index in [9.17, 15) is 0 Å². The summed E-state index contributed by atoms with van der Waals surface area (Å²) in [5.74, 6) is 1.73. The molecule has 0 amide bonds. The number of nitrogens with one attached hydrogen (secondary N) is 1. The highest BCUT2D eigenvalue weighted by Crippen LogP contribution is 2.41. The van der Waals surface area contributed by atoms with Crippen molar-refractivity contribution >= 4 is 11.3 Å². The molecule has 21 heavy (non-hydrogen) atoms. The summed E-state index contributed by atoms with van der Waals surface area (Å²) in [6, 6.07) is 11.3. The molecule has 1 saturated carbocycles. The molecule has 0 radical (unpaired) electrons. The van der Waals surface area contributed by atoms with Crippen molar-refractivity contribution in [3.8, 4) is 5.75 Å². The third-order valence-corrected chi connectivity index (χ3v) is 5.23. The second kappa shape index (κ2) is 6.63. The molecule has 0 bridgehead atoms. The maximum absolute atomic E-state index is 5.26. The van der Waals surface area contributed by atoms with Gasteiger partial charge in [-0.15, -0.1) is 11.3 Å². The Bertz CT molecular complexity index is 571. The Morgan fingerprint density at radius 2 is 2.00 bits per heavy atom. The zero-order valence-electron chi connectivity index (χ0n) is 12.8. The third kappa shape index (κ3) is 3.47. The molecule has 112 valence electrons. The van der Waals surface area contributed by atoms with Crippen molar-refractivity contribution in [2.45, 2.75) is 38.8 Å². The van der Waals surface area contributed by atoms with E-state index >= 15 is 0 Å². The highest BCUT2D eigenvalue weighted by molar-refractivity contribution is 7.10. The standard InChI is InChI=1S/C18H23NOS/c1-3-13-10-11-21-17(13)12-19-18(14-4-5-14)15-6-8-16(20-2)9-7-15/h6-11,14,18-19H,3-5,12H2,1-2H3. The number of benzene rings is 1. The highest BCUT2D eigenvalue weighted by atomic mass is 32.1. The Balaban J connectivity index is 1.69. The first-order valence-corrected chi connectivity index (χ1v) is 8.62. The molecule has 1 fully saturated rings. The van der Waals surface area contributed by atoms with Crippen LogP contribution in [0.4, 0.5) is 0 Å². The zero-order chi connectivity index (χ0) is 14.7. The van der Waals surface area contributed by atoms with Crippen LogP contribution in [-0.2, 0) is 13.0 Å². The maximum atomic E-state index is 5.26. The summed E-state index contributed by atoms with van der Waals surface area (Å²) in [6.07, 6.45) is 3.81. The van der Waals surface area contributed by atoms with Crippen molar-refractivity contribution in [2.24, 2.45) is 5.92 Å². The minimum Gasteiger partial charge on any atom is -0.497 e. The fourth-order valence-corrected chi connectivity index (χ4v) is 3.76. The summed E-state index contributed by atoms with van der Waals surface area (Å²) >= 11 is 1.87. The lowest BCUT2D eigenvalue weighted by atomic mass is 10.0. The van der Waals surface area contributed by atoms with E-state index in [-0.39, 0.29) is 0 Å². The van der Waals surface area contributed by atoms with Gasteiger partial charge in [-0.2, -0.15) is 0 Å². The van der Waals surface area contributed by atoms with Crippen LogP contribution in [-0.4, -0.2) is 7.11 Å². The van der Waals surface area contributed by atoms with E-state index in [1.54, 1.807) is 7.11 Å². The van der Waals surface area contributed by atoms with Gasteiger partial charge in [0.25, 0.3) is 0 Å². The first-order chi connectivity index (χ1) is 10.3. The van der Waals surface area contributed by atoms with Crippen molar-refractivity contribution in [1.82, 2.24) is 5.32 Å². The van der Waals surface area contributed by atoms with Gasteiger partial charge in [0.05, 0.1) is 7.11 Å². The molecule has 3 rings (SSSR count). The first-order valence-electron chi connectivity index (χ1n) is 7.74. The molecule has 1 aliphatic rings. The number of methoxy groups -OCH3 is 1. The molecule has 0 saturated heterocycles. The number of ether oxygens (including phenoxy) is 1. The van der Waals surface area contributed by atoms with Gasteiger partial charge in [-0.3, -0.25) is 0 Å². The van der Waals surface area contributed by atoms with Crippen LogP contribution in [0.15, 0.2) is 35.7 Å². The average molecular weight is 301 g/mol. The van der Waals surface area contributed by atoms with Crippen LogP contribution in [0.2, 0.25) is 0 Å². The lowest BCUT2D eigenvalue weighted by Crippen LogP contribution is -2.22. The molecule has 1 N–H and O–H groups in total. The van der Waals surface area contributed by atoms with E-state index in [1.807, 2.05) is 11.3 Å². The normalized spacial score (nSPS) is 15.9. The number of aryl methyl sites for hydroxylation is 1. The quantitative estimate of drug-likeness (QED) is 0.809. The van der Waals surface area contributed by atoms with Crippen molar-refractivity contribution in [3.63, 3.8) is 0 Å². The van der Waals surface area contributed by atoms with E-state index in [0.717, 1.165) is 24.6 Å². The monoisotopic (exact) mass is 301 g/mol. The highest BCUT2D eigenvalue weighted by Gasteiger charge is 2.32. The first kappa shape index (κ1) is 14.6. The number of hydrogen-bond acceptors (Lipinski definition) is 3. The number of thiophene rings is 1. The van der Waals surface area contributed by atoms with E-state index < -0.39 is 0 Å². The van der Waals surface area contributed by atoms with Gasteiger partial charge in [-0.1, -0.05) is 19.1 Å². The molecular weight excluding hydrogens is 278 g/mol. The fraction of sp³-hybridized carbons (Fsp3) is 0.444. The Kier molecular flexibility index (Phi) is 4.61. The summed E-state index contributed by atoms with van der Waals surface area (Å²) in [5.41, 5.74) is 2.87. The molecular formula is C18H23NOS. The molecule has 1 aromatic carbocycles. The van der Waals surface area contributed by atoms with Crippen molar-refractivity contribution in [1.29, 1.82) is 0 Å². The molecule has 1 heterocycles. The maximum Gasteiger partial charge on any atom is 0.118 e. The van der Waals surface area contributed by atoms with Crippen molar-refractivity contribution in [2.75, 3.05) is 7.11 Å². The van der Waals surface area contributed by atoms with E-state index in [0.29, 0.717) is 6.04 Å². The molecule has 1 aromatic heterocycles. The second-order valence-electron chi connectivity index (χ2n) is 5.69. The minimum absolute atomic E-state index is 0.475. The third-order valence-electron chi connectivity index (χ3n) is 4.27. The largest absolute Gasteiger partial charge is 0.497 e. The minimum atomic E-state index is 0.475. The van der Waals surface area contributed by atoms with Gasteiger partial charge < -0.3 is 10.1 Å². The van der Waals surface area contributed by atoms with Gasteiger partial charge >= 0.3 is 0 Å². The molecule has 2 aromatic rings. The summed E-state index contributed by atoms with van der Waals surface area (Å²) in [4.78, 5) is 1.48. The zero-order valence-corrected chi connectivity index (χ0v) is 13.6. The van der Waals surface area contributed by atoms with Crippen LogP contribution >= 0.6 is 11.3 Å².